The zero-order valence-corrected chi connectivity index (χ0v) is 13.3. The number of nitrogens with one attached hydrogen (secondary N) is 1. The molecule has 5 atom stereocenters. The second-order valence-electron chi connectivity index (χ2n) is 5.56. The van der Waals surface area contributed by atoms with E-state index in [2.05, 4.69) is 4.98 Å². The molecule has 1 fully saturated rings. The van der Waals surface area contributed by atoms with E-state index in [4.69, 9.17) is 14.2 Å². The van der Waals surface area contributed by atoms with Crippen LogP contribution < -0.4 is 11.2 Å². The number of nitrogens with zero attached hydrogens (tertiary/aromatic N) is 1. The second kappa shape index (κ2) is 7.37. The monoisotopic (exact) mass is 330 g/mol. The minimum absolute atomic E-state index is 0.174. The molecule has 1 aliphatic rings. The number of H-pyrrole nitrogens is 1. The molecule has 9 heteroatoms. The van der Waals surface area contributed by atoms with Gasteiger partial charge in [0.15, 0.2) is 6.23 Å². The lowest BCUT2D eigenvalue weighted by Gasteiger charge is -2.23. The van der Waals surface area contributed by atoms with Gasteiger partial charge in [0.05, 0.1) is 19.3 Å². The number of aliphatic hydroxyl groups is 2. The van der Waals surface area contributed by atoms with Crippen molar-refractivity contribution in [1.29, 1.82) is 0 Å². The largest absolute Gasteiger partial charge is 0.394 e. The normalized spacial score (nSPS) is 28.9. The number of rotatable bonds is 6. The number of aromatic nitrogens is 2. The minimum Gasteiger partial charge on any atom is -0.394 e. The highest BCUT2D eigenvalue weighted by Gasteiger charge is 2.45. The summed E-state index contributed by atoms with van der Waals surface area (Å²) in [5.41, 5.74) is -0.849. The maximum absolute atomic E-state index is 12.0. The lowest BCUT2D eigenvalue weighted by Crippen LogP contribution is -2.41. The number of hydrogen-bond acceptors (Lipinski definition) is 7. The Morgan fingerprint density at radius 2 is 2.17 bits per heavy atom. The van der Waals surface area contributed by atoms with E-state index in [0.29, 0.717) is 5.56 Å². The summed E-state index contributed by atoms with van der Waals surface area (Å²) < 4.78 is 17.4. The van der Waals surface area contributed by atoms with Gasteiger partial charge in [-0.25, -0.2) is 4.79 Å². The van der Waals surface area contributed by atoms with Crippen LogP contribution in [0.25, 0.3) is 0 Å². The zero-order valence-electron chi connectivity index (χ0n) is 13.3. The average Bonchev–Trinajstić information content (AvgIpc) is 2.84. The second-order valence-corrected chi connectivity index (χ2v) is 5.56. The van der Waals surface area contributed by atoms with Crippen LogP contribution in [0.3, 0.4) is 0 Å². The number of ether oxygens (including phenoxy) is 3. The molecule has 130 valence electrons. The van der Waals surface area contributed by atoms with Gasteiger partial charge >= 0.3 is 5.69 Å². The third kappa shape index (κ3) is 3.70. The fourth-order valence-corrected chi connectivity index (χ4v) is 2.36. The highest BCUT2D eigenvalue weighted by molar-refractivity contribution is 5.03. The average molecular weight is 330 g/mol. The van der Waals surface area contributed by atoms with Crippen molar-refractivity contribution in [2.24, 2.45) is 0 Å². The summed E-state index contributed by atoms with van der Waals surface area (Å²) in [4.78, 5) is 25.7. The molecule has 23 heavy (non-hydrogen) atoms. The van der Waals surface area contributed by atoms with Crippen LogP contribution >= 0.6 is 0 Å². The predicted octanol–water partition coefficient (Wildman–Crippen LogP) is -1.48. The van der Waals surface area contributed by atoms with Crippen molar-refractivity contribution in [3.63, 3.8) is 0 Å². The standard InChI is InChI=1S/C14H22N2O7/c1-7-4-16(14(20)15-12(7)19)13-11(22-6-8(2)21-3)10(18)9(5-17)23-13/h4,8-11,13,17-18H,5-6H2,1-3H3,(H,15,19,20)/t8?,9-,10?,11+,13-/m1/s1. The zero-order chi connectivity index (χ0) is 17.1. The van der Waals surface area contributed by atoms with Crippen molar-refractivity contribution in [2.75, 3.05) is 20.3 Å². The summed E-state index contributed by atoms with van der Waals surface area (Å²) in [5.74, 6) is 0. The van der Waals surface area contributed by atoms with Gasteiger partial charge in [-0.05, 0) is 13.8 Å². The Labute approximate surface area is 132 Å². The number of methoxy groups -OCH3 is 1. The van der Waals surface area contributed by atoms with Crippen molar-refractivity contribution in [1.82, 2.24) is 9.55 Å². The SMILES string of the molecule is COC(C)CO[C@H]1C(O)[C@@H](CO)O[C@H]1n1cc(C)c(=O)[nH]c1=O. The van der Waals surface area contributed by atoms with Gasteiger partial charge in [0.2, 0.25) is 0 Å². The minimum atomic E-state index is -1.12. The maximum Gasteiger partial charge on any atom is 0.330 e. The molecule has 0 bridgehead atoms. The van der Waals surface area contributed by atoms with Gasteiger partial charge in [-0.2, -0.15) is 0 Å². The molecule has 1 saturated heterocycles. The molecule has 0 amide bonds. The molecule has 2 rings (SSSR count). The van der Waals surface area contributed by atoms with E-state index in [1.807, 2.05) is 0 Å². The van der Waals surface area contributed by atoms with Crippen molar-refractivity contribution in [3.05, 3.63) is 32.6 Å². The van der Waals surface area contributed by atoms with E-state index in [1.54, 1.807) is 13.8 Å². The molecule has 2 heterocycles. The van der Waals surface area contributed by atoms with Crippen LogP contribution in [0.2, 0.25) is 0 Å². The van der Waals surface area contributed by atoms with Crippen LogP contribution in [0.4, 0.5) is 0 Å². The third-order valence-corrected chi connectivity index (χ3v) is 3.84. The van der Waals surface area contributed by atoms with E-state index in [0.717, 1.165) is 4.57 Å². The summed E-state index contributed by atoms with van der Waals surface area (Å²) in [6.45, 7) is 3.09. The fraction of sp³-hybridized carbons (Fsp3) is 0.714. The molecule has 1 aromatic rings. The van der Waals surface area contributed by atoms with E-state index < -0.39 is 42.4 Å². The van der Waals surface area contributed by atoms with Crippen molar-refractivity contribution < 1.29 is 24.4 Å². The van der Waals surface area contributed by atoms with E-state index in [9.17, 15) is 19.8 Å². The summed E-state index contributed by atoms with van der Waals surface area (Å²) >= 11 is 0. The van der Waals surface area contributed by atoms with Crippen LogP contribution in [-0.4, -0.2) is 64.5 Å². The topological polar surface area (TPSA) is 123 Å². The van der Waals surface area contributed by atoms with Gasteiger partial charge in [0, 0.05) is 18.9 Å². The highest BCUT2D eigenvalue weighted by Crippen LogP contribution is 2.30. The molecule has 0 aromatic carbocycles. The third-order valence-electron chi connectivity index (χ3n) is 3.84. The van der Waals surface area contributed by atoms with Crippen molar-refractivity contribution in [2.45, 2.75) is 44.5 Å². The first-order valence-corrected chi connectivity index (χ1v) is 7.29. The van der Waals surface area contributed by atoms with Gasteiger partial charge in [0.1, 0.15) is 18.3 Å². The van der Waals surface area contributed by atoms with Crippen LogP contribution in [0.15, 0.2) is 15.8 Å². The van der Waals surface area contributed by atoms with Crippen LogP contribution in [0.1, 0.15) is 18.7 Å². The Kier molecular flexibility index (Phi) is 5.71. The predicted molar refractivity (Wildman–Crippen MR) is 79.3 cm³/mol. The first-order chi connectivity index (χ1) is 10.9. The summed E-state index contributed by atoms with van der Waals surface area (Å²) in [6.07, 6.45) is -2.73. The molecule has 3 N–H and O–H groups in total. The maximum atomic E-state index is 12.0. The Morgan fingerprint density at radius 1 is 1.48 bits per heavy atom. The number of aromatic amines is 1. The van der Waals surface area contributed by atoms with Crippen molar-refractivity contribution in [3.8, 4) is 0 Å². The fourth-order valence-electron chi connectivity index (χ4n) is 2.36. The van der Waals surface area contributed by atoms with E-state index in [-0.39, 0.29) is 12.7 Å². The van der Waals surface area contributed by atoms with Gasteiger partial charge in [-0.15, -0.1) is 0 Å². The number of aryl methyl sites for hydroxylation is 1. The molecular weight excluding hydrogens is 308 g/mol. The molecule has 9 nitrogen and oxygen atoms in total. The molecule has 1 aliphatic heterocycles. The molecule has 0 radical (unpaired) electrons. The number of hydrogen-bond donors (Lipinski definition) is 3. The van der Waals surface area contributed by atoms with Crippen LogP contribution in [0.5, 0.6) is 0 Å². The van der Waals surface area contributed by atoms with Gasteiger partial charge in [-0.3, -0.25) is 14.3 Å². The van der Waals surface area contributed by atoms with Gasteiger partial charge in [0.25, 0.3) is 5.56 Å². The summed E-state index contributed by atoms with van der Waals surface area (Å²) in [7, 11) is 1.53. The summed E-state index contributed by atoms with van der Waals surface area (Å²) in [6, 6.07) is 0. The van der Waals surface area contributed by atoms with E-state index in [1.165, 1.54) is 13.3 Å². The lowest BCUT2D eigenvalue weighted by molar-refractivity contribution is -0.0943. The first kappa shape index (κ1) is 17.8. The first-order valence-electron chi connectivity index (χ1n) is 7.29. The molecule has 1 aromatic heterocycles. The van der Waals surface area contributed by atoms with E-state index >= 15 is 0 Å². The Hall–Kier alpha value is -1.52. The lowest BCUT2D eigenvalue weighted by atomic mass is 10.1. The van der Waals surface area contributed by atoms with Crippen LogP contribution in [-0.2, 0) is 14.2 Å². The molecule has 0 spiro atoms. The molecule has 0 saturated carbocycles. The quantitative estimate of drug-likeness (QED) is 0.581. The van der Waals surface area contributed by atoms with Crippen molar-refractivity contribution >= 4 is 0 Å². The smallest absolute Gasteiger partial charge is 0.330 e. The molecule has 0 aliphatic carbocycles. The van der Waals surface area contributed by atoms with Crippen LogP contribution in [0, 0.1) is 6.92 Å². The Bertz CT molecular complexity index is 641. The Morgan fingerprint density at radius 3 is 2.78 bits per heavy atom. The number of aliphatic hydroxyl groups excluding tert-OH is 2. The van der Waals surface area contributed by atoms with Gasteiger partial charge in [-0.1, -0.05) is 0 Å². The molecular formula is C14H22N2O7. The molecule has 2 unspecified atom stereocenters. The summed E-state index contributed by atoms with van der Waals surface area (Å²) in [5, 5.41) is 19.5. The Balaban J connectivity index is 2.31. The highest BCUT2D eigenvalue weighted by atomic mass is 16.6. The van der Waals surface area contributed by atoms with Gasteiger partial charge < -0.3 is 24.4 Å².